The van der Waals surface area contributed by atoms with Gasteiger partial charge in [0.1, 0.15) is 0 Å². The number of carbonyl (C=O) groups is 1. The second-order valence-corrected chi connectivity index (χ2v) is 8.31. The lowest BCUT2D eigenvalue weighted by atomic mass is 9.79. The number of methoxy groups -OCH3 is 2. The van der Waals surface area contributed by atoms with E-state index in [2.05, 4.69) is 17.2 Å². The summed E-state index contributed by atoms with van der Waals surface area (Å²) < 4.78 is 10.6. The summed E-state index contributed by atoms with van der Waals surface area (Å²) in [6.07, 6.45) is 8.21. The van der Waals surface area contributed by atoms with Crippen molar-refractivity contribution in [1.82, 2.24) is 4.98 Å². The average Bonchev–Trinajstić information content (AvgIpc) is 3.20. The highest BCUT2D eigenvalue weighted by Crippen LogP contribution is 2.35. The first-order valence-corrected chi connectivity index (χ1v) is 11.0. The van der Waals surface area contributed by atoms with Crippen LogP contribution in [-0.2, 0) is 4.79 Å². The predicted molar refractivity (Wildman–Crippen MR) is 114 cm³/mol. The molecule has 0 atom stereocenters. The largest absolute Gasteiger partial charge is 0.493 e. The van der Waals surface area contributed by atoms with Crippen molar-refractivity contribution in [3.8, 4) is 22.8 Å². The van der Waals surface area contributed by atoms with Crippen LogP contribution < -0.4 is 14.8 Å². The van der Waals surface area contributed by atoms with Gasteiger partial charge in [0.25, 0.3) is 0 Å². The van der Waals surface area contributed by atoms with Crippen LogP contribution in [0.1, 0.15) is 51.9 Å². The molecule has 1 aliphatic carbocycles. The van der Waals surface area contributed by atoms with E-state index in [1.54, 1.807) is 14.2 Å². The highest BCUT2D eigenvalue weighted by Gasteiger charge is 2.26. The molecule has 1 heterocycles. The van der Waals surface area contributed by atoms with E-state index in [1.807, 2.05) is 23.6 Å². The van der Waals surface area contributed by atoms with E-state index in [9.17, 15) is 4.79 Å². The number of carbonyl (C=O) groups excluding carboxylic acids is 1. The lowest BCUT2D eigenvalue weighted by Gasteiger charge is -2.27. The fourth-order valence-corrected chi connectivity index (χ4v) is 4.60. The van der Waals surface area contributed by atoms with Gasteiger partial charge in [-0.2, -0.15) is 0 Å². The zero-order chi connectivity index (χ0) is 19.9. The number of ether oxygens (including phenoxy) is 2. The summed E-state index contributed by atoms with van der Waals surface area (Å²) in [5.74, 6) is 2.39. The highest BCUT2D eigenvalue weighted by molar-refractivity contribution is 7.14. The Bertz CT molecular complexity index is 782. The normalized spacial score (nSPS) is 19.2. The number of benzene rings is 1. The van der Waals surface area contributed by atoms with E-state index in [4.69, 9.17) is 9.47 Å². The van der Waals surface area contributed by atoms with Crippen molar-refractivity contribution >= 4 is 22.4 Å². The van der Waals surface area contributed by atoms with Crippen molar-refractivity contribution in [2.45, 2.75) is 51.9 Å². The summed E-state index contributed by atoms with van der Waals surface area (Å²) in [6.45, 7) is 2.24. The zero-order valence-corrected chi connectivity index (χ0v) is 17.8. The van der Waals surface area contributed by atoms with Crippen LogP contribution in [0.2, 0.25) is 0 Å². The summed E-state index contributed by atoms with van der Waals surface area (Å²) in [6, 6.07) is 5.71. The molecule has 2 aromatic rings. The molecular weight excluding hydrogens is 372 g/mol. The number of rotatable bonds is 8. The zero-order valence-electron chi connectivity index (χ0n) is 17.0. The molecule has 0 spiro atoms. The predicted octanol–water partition coefficient (Wildman–Crippen LogP) is 5.76. The third-order valence-corrected chi connectivity index (χ3v) is 6.35. The van der Waals surface area contributed by atoms with Gasteiger partial charge in [-0.15, -0.1) is 11.3 Å². The lowest BCUT2D eigenvalue weighted by Crippen LogP contribution is -2.27. The van der Waals surface area contributed by atoms with Gasteiger partial charge >= 0.3 is 0 Å². The molecule has 5 nitrogen and oxygen atoms in total. The molecule has 1 fully saturated rings. The van der Waals surface area contributed by atoms with E-state index in [0.717, 1.165) is 30.0 Å². The minimum Gasteiger partial charge on any atom is -0.493 e. The Balaban J connectivity index is 1.58. The molecule has 0 bridgehead atoms. The molecule has 28 heavy (non-hydrogen) atoms. The average molecular weight is 403 g/mol. The number of unbranched alkanes of at least 4 members (excludes halogenated alkanes) is 1. The van der Waals surface area contributed by atoms with Gasteiger partial charge in [-0.05, 0) is 49.8 Å². The third-order valence-electron chi connectivity index (χ3n) is 5.60. The molecule has 0 radical (unpaired) electrons. The first kappa shape index (κ1) is 20.6. The van der Waals surface area contributed by atoms with Gasteiger partial charge in [0.05, 0.1) is 19.9 Å². The summed E-state index contributed by atoms with van der Waals surface area (Å²) in [5.41, 5.74) is 1.76. The lowest BCUT2D eigenvalue weighted by molar-refractivity contribution is -0.121. The summed E-state index contributed by atoms with van der Waals surface area (Å²) >= 11 is 1.46. The van der Waals surface area contributed by atoms with Gasteiger partial charge in [-0.1, -0.05) is 26.2 Å². The molecule has 6 heteroatoms. The smallest absolute Gasteiger partial charge is 0.229 e. The molecule has 0 unspecified atom stereocenters. The van der Waals surface area contributed by atoms with Crippen LogP contribution in [0.4, 0.5) is 5.13 Å². The molecule has 3 rings (SSSR count). The maximum Gasteiger partial charge on any atom is 0.229 e. The van der Waals surface area contributed by atoms with Crippen molar-refractivity contribution < 1.29 is 14.3 Å². The number of hydrogen-bond donors (Lipinski definition) is 1. The quantitative estimate of drug-likeness (QED) is 0.609. The van der Waals surface area contributed by atoms with Crippen LogP contribution in [0, 0.1) is 11.8 Å². The number of anilines is 1. The SMILES string of the molecule is CCCCC1CCC(C(=O)Nc2nc(-c3ccc(OC)c(OC)c3)cs2)CC1. The highest BCUT2D eigenvalue weighted by atomic mass is 32.1. The number of aromatic nitrogens is 1. The number of nitrogens with one attached hydrogen (secondary N) is 1. The Morgan fingerprint density at radius 3 is 2.61 bits per heavy atom. The molecule has 1 saturated carbocycles. The van der Waals surface area contributed by atoms with E-state index in [1.165, 1.54) is 43.4 Å². The molecule has 1 N–H and O–H groups in total. The van der Waals surface area contributed by atoms with Crippen molar-refractivity contribution in [2.24, 2.45) is 11.8 Å². The van der Waals surface area contributed by atoms with Crippen LogP contribution in [-0.4, -0.2) is 25.1 Å². The van der Waals surface area contributed by atoms with Crippen LogP contribution in [0.3, 0.4) is 0 Å². The molecular formula is C22H30N2O3S. The molecule has 1 aromatic carbocycles. The van der Waals surface area contributed by atoms with E-state index in [0.29, 0.717) is 16.6 Å². The van der Waals surface area contributed by atoms with Crippen LogP contribution in [0.25, 0.3) is 11.3 Å². The van der Waals surface area contributed by atoms with Gasteiger partial charge in [-0.25, -0.2) is 4.98 Å². The fraction of sp³-hybridized carbons (Fsp3) is 0.545. The molecule has 1 amide bonds. The minimum absolute atomic E-state index is 0.113. The minimum atomic E-state index is 0.113. The standard InChI is InChI=1S/C22H30N2O3S/c1-4-5-6-15-7-9-16(10-8-15)21(25)24-22-23-18(14-28-22)17-11-12-19(26-2)20(13-17)27-3/h11-16H,4-10H2,1-3H3,(H,23,24,25). The maximum atomic E-state index is 12.6. The number of hydrogen-bond acceptors (Lipinski definition) is 5. The van der Waals surface area contributed by atoms with Crippen molar-refractivity contribution in [3.05, 3.63) is 23.6 Å². The first-order valence-electron chi connectivity index (χ1n) is 10.1. The molecule has 1 aliphatic rings. The van der Waals surface area contributed by atoms with Gasteiger partial charge in [0.2, 0.25) is 5.91 Å². The second kappa shape index (κ2) is 9.92. The number of thiazole rings is 1. The van der Waals surface area contributed by atoms with E-state index >= 15 is 0 Å². The molecule has 0 aliphatic heterocycles. The van der Waals surface area contributed by atoms with E-state index < -0.39 is 0 Å². The number of nitrogens with zero attached hydrogens (tertiary/aromatic N) is 1. The van der Waals surface area contributed by atoms with Crippen LogP contribution >= 0.6 is 11.3 Å². The Labute approximate surface area is 171 Å². The summed E-state index contributed by atoms with van der Waals surface area (Å²) in [4.78, 5) is 17.2. The van der Waals surface area contributed by atoms with E-state index in [-0.39, 0.29) is 11.8 Å². The first-order chi connectivity index (χ1) is 13.6. The molecule has 0 saturated heterocycles. The van der Waals surface area contributed by atoms with Crippen LogP contribution in [0.5, 0.6) is 11.5 Å². The fourth-order valence-electron chi connectivity index (χ4n) is 3.87. The van der Waals surface area contributed by atoms with Gasteiger partial charge in [0.15, 0.2) is 16.6 Å². The third kappa shape index (κ3) is 5.04. The molecule has 1 aromatic heterocycles. The Morgan fingerprint density at radius 1 is 1.18 bits per heavy atom. The van der Waals surface area contributed by atoms with Crippen molar-refractivity contribution in [1.29, 1.82) is 0 Å². The van der Waals surface area contributed by atoms with Crippen molar-refractivity contribution in [2.75, 3.05) is 19.5 Å². The summed E-state index contributed by atoms with van der Waals surface area (Å²) in [7, 11) is 3.23. The van der Waals surface area contributed by atoms with Crippen molar-refractivity contribution in [3.63, 3.8) is 0 Å². The second-order valence-electron chi connectivity index (χ2n) is 7.46. The van der Waals surface area contributed by atoms with Gasteiger partial charge < -0.3 is 14.8 Å². The maximum absolute atomic E-state index is 12.6. The Kier molecular flexibility index (Phi) is 7.31. The monoisotopic (exact) mass is 402 g/mol. The van der Waals surface area contributed by atoms with Gasteiger partial charge in [0, 0.05) is 16.9 Å². The number of amides is 1. The topological polar surface area (TPSA) is 60.5 Å². The Morgan fingerprint density at radius 2 is 1.93 bits per heavy atom. The molecule has 152 valence electrons. The Hall–Kier alpha value is -2.08. The van der Waals surface area contributed by atoms with Crippen LogP contribution in [0.15, 0.2) is 23.6 Å². The summed E-state index contributed by atoms with van der Waals surface area (Å²) in [5, 5.41) is 5.64. The van der Waals surface area contributed by atoms with Gasteiger partial charge in [-0.3, -0.25) is 4.79 Å².